The Hall–Kier alpha value is -3.28. The maximum Gasteiger partial charge on any atom is 0.275 e. The number of carbonyl (C=O) groups is 1. The number of alkyl halides is 2. The Bertz CT molecular complexity index is 1080. The summed E-state index contributed by atoms with van der Waals surface area (Å²) in [4.78, 5) is 24.3. The lowest BCUT2D eigenvalue weighted by Crippen LogP contribution is -2.53. The minimum atomic E-state index is -2.50. The second-order valence-corrected chi connectivity index (χ2v) is 7.65. The van der Waals surface area contributed by atoms with E-state index in [1.807, 2.05) is 0 Å². The molecular formula is C20H19F4N5O3. The molecule has 1 aromatic heterocycles. The van der Waals surface area contributed by atoms with Gasteiger partial charge in [0.15, 0.2) is 17.3 Å². The first-order valence-electron chi connectivity index (χ1n) is 9.58. The van der Waals surface area contributed by atoms with Crippen molar-refractivity contribution in [3.05, 3.63) is 47.4 Å². The van der Waals surface area contributed by atoms with Crippen molar-refractivity contribution < 1.29 is 31.8 Å². The molecule has 0 spiro atoms. The molecule has 4 rings (SSSR count). The molecule has 2 aromatic rings. The molecule has 12 heteroatoms. The highest BCUT2D eigenvalue weighted by Crippen LogP contribution is 2.49. The highest BCUT2D eigenvalue weighted by Gasteiger charge is 2.56. The van der Waals surface area contributed by atoms with Crippen LogP contribution in [0.25, 0.3) is 0 Å². The molecule has 2 aliphatic rings. The number of ether oxygens (including phenoxy) is 2. The van der Waals surface area contributed by atoms with Crippen LogP contribution in [0, 0.1) is 17.6 Å². The number of nitrogens with zero attached hydrogens (tertiary/aromatic N) is 3. The number of amides is 1. The van der Waals surface area contributed by atoms with Crippen molar-refractivity contribution in [3.63, 3.8) is 0 Å². The summed E-state index contributed by atoms with van der Waals surface area (Å²) in [5, 5.41) is 2.41. The number of hydrogen-bond acceptors (Lipinski definition) is 7. The van der Waals surface area contributed by atoms with Crippen LogP contribution in [0.5, 0.6) is 5.88 Å². The summed E-state index contributed by atoms with van der Waals surface area (Å²) in [6.07, 6.45) is 1.97. The average molecular weight is 453 g/mol. The van der Waals surface area contributed by atoms with Gasteiger partial charge in [-0.05, 0) is 12.5 Å². The molecule has 0 radical (unpaired) electrons. The molecular weight excluding hydrogens is 434 g/mol. The highest BCUT2D eigenvalue weighted by molar-refractivity contribution is 6.02. The Morgan fingerprint density at radius 2 is 2.12 bits per heavy atom. The van der Waals surface area contributed by atoms with Gasteiger partial charge in [0.05, 0.1) is 32.7 Å². The van der Waals surface area contributed by atoms with Gasteiger partial charge in [0.25, 0.3) is 5.91 Å². The van der Waals surface area contributed by atoms with Gasteiger partial charge in [-0.2, -0.15) is 0 Å². The molecule has 170 valence electrons. The minimum absolute atomic E-state index is 0.0401. The molecule has 8 nitrogen and oxygen atoms in total. The van der Waals surface area contributed by atoms with Crippen LogP contribution in [0.15, 0.2) is 29.5 Å². The Morgan fingerprint density at radius 3 is 2.78 bits per heavy atom. The number of aliphatic imine (C=N–C) groups is 1. The van der Waals surface area contributed by atoms with Crippen LogP contribution in [-0.4, -0.2) is 54.4 Å². The lowest BCUT2D eigenvalue weighted by Gasteiger charge is -2.40. The number of nitrogens with one attached hydrogen (secondary N) is 1. The number of carbonyl (C=O) groups excluding carboxylic acids is 1. The van der Waals surface area contributed by atoms with Crippen LogP contribution >= 0.6 is 0 Å². The van der Waals surface area contributed by atoms with E-state index in [2.05, 4.69) is 20.3 Å². The van der Waals surface area contributed by atoms with Gasteiger partial charge in [0.1, 0.15) is 23.7 Å². The van der Waals surface area contributed by atoms with Crippen molar-refractivity contribution >= 4 is 17.4 Å². The average Bonchev–Trinajstić information content (AvgIpc) is 3.19. The van der Waals surface area contributed by atoms with E-state index in [0.717, 1.165) is 12.3 Å². The molecule has 0 aliphatic carbocycles. The Labute approximate surface area is 179 Å². The van der Waals surface area contributed by atoms with E-state index in [0.29, 0.717) is 0 Å². The number of amidine groups is 1. The van der Waals surface area contributed by atoms with Gasteiger partial charge in [-0.3, -0.25) is 9.79 Å². The van der Waals surface area contributed by atoms with E-state index in [9.17, 15) is 22.4 Å². The molecule has 1 amide bonds. The molecule has 1 fully saturated rings. The summed E-state index contributed by atoms with van der Waals surface area (Å²) < 4.78 is 67.7. The van der Waals surface area contributed by atoms with Gasteiger partial charge >= 0.3 is 0 Å². The van der Waals surface area contributed by atoms with E-state index in [-0.39, 0.29) is 36.0 Å². The Balaban J connectivity index is 1.72. The second kappa shape index (κ2) is 8.01. The standard InChI is InChI=1S/C20H19F4N5O3/c1-31-15-6-26-14(5-27-15)17(30)28-11-2-12(16(23)13(22)3-11)20-9-32-7-10(20)4-19(24,8-21)18(25)29-20/h2-3,5-6,10H,4,7-9H2,1H3,(H2,25,29)(H,28,30)/t10-,19-,20+/m1/s1. The number of benzene rings is 1. The van der Waals surface area contributed by atoms with Crippen molar-refractivity contribution in [1.29, 1.82) is 0 Å². The third kappa shape index (κ3) is 3.53. The number of fused-ring (bicyclic) bond motifs is 1. The number of anilines is 1. The van der Waals surface area contributed by atoms with Gasteiger partial charge in [0, 0.05) is 23.2 Å². The fourth-order valence-electron chi connectivity index (χ4n) is 3.97. The summed E-state index contributed by atoms with van der Waals surface area (Å²) in [7, 11) is 1.38. The molecule has 0 unspecified atom stereocenters. The van der Waals surface area contributed by atoms with E-state index in [1.165, 1.54) is 19.4 Å². The number of hydrogen-bond donors (Lipinski definition) is 2. The third-order valence-electron chi connectivity index (χ3n) is 5.70. The zero-order chi connectivity index (χ0) is 23.1. The minimum Gasteiger partial charge on any atom is -0.480 e. The first-order valence-corrected chi connectivity index (χ1v) is 9.58. The van der Waals surface area contributed by atoms with Crippen LogP contribution in [-0.2, 0) is 10.3 Å². The summed E-state index contributed by atoms with van der Waals surface area (Å²) in [5.74, 6) is -4.50. The first kappa shape index (κ1) is 21.9. The van der Waals surface area contributed by atoms with Crippen molar-refractivity contribution in [2.45, 2.75) is 17.6 Å². The van der Waals surface area contributed by atoms with Gasteiger partial charge in [-0.25, -0.2) is 27.5 Å². The zero-order valence-corrected chi connectivity index (χ0v) is 16.9. The molecule has 0 bridgehead atoms. The van der Waals surface area contributed by atoms with Gasteiger partial charge in [-0.1, -0.05) is 0 Å². The van der Waals surface area contributed by atoms with Crippen LogP contribution < -0.4 is 15.8 Å². The topological polar surface area (TPSA) is 112 Å². The van der Waals surface area contributed by atoms with E-state index in [1.54, 1.807) is 0 Å². The van der Waals surface area contributed by atoms with E-state index in [4.69, 9.17) is 15.2 Å². The van der Waals surface area contributed by atoms with Crippen LogP contribution in [0.4, 0.5) is 23.2 Å². The predicted molar refractivity (Wildman–Crippen MR) is 105 cm³/mol. The zero-order valence-electron chi connectivity index (χ0n) is 16.9. The lowest BCUT2D eigenvalue weighted by atomic mass is 9.73. The SMILES string of the molecule is COc1cnc(C(=O)Nc2cc(F)c(F)c([C@]34COC[C@H]3C[C@@](F)(CF)C(N)=N4)c2)cn1. The number of aromatic nitrogens is 2. The van der Waals surface area contributed by atoms with Crippen LogP contribution in [0.2, 0.25) is 0 Å². The molecule has 1 saturated heterocycles. The summed E-state index contributed by atoms with van der Waals surface area (Å²) in [6.45, 7) is -1.65. The molecule has 32 heavy (non-hydrogen) atoms. The molecule has 3 N–H and O–H groups in total. The van der Waals surface area contributed by atoms with Crippen molar-refractivity contribution in [2.24, 2.45) is 16.6 Å². The number of nitrogens with two attached hydrogens (primary N) is 1. The number of rotatable bonds is 5. The summed E-state index contributed by atoms with van der Waals surface area (Å²) in [5.41, 5.74) is 1.15. The first-order chi connectivity index (χ1) is 15.2. The summed E-state index contributed by atoms with van der Waals surface area (Å²) in [6, 6.07) is 1.96. The van der Waals surface area contributed by atoms with Crippen LogP contribution in [0.1, 0.15) is 22.5 Å². The molecule has 3 heterocycles. The number of halogens is 4. The Kier molecular flexibility index (Phi) is 5.49. The molecule has 1 aromatic carbocycles. The van der Waals surface area contributed by atoms with E-state index >= 15 is 0 Å². The Morgan fingerprint density at radius 1 is 1.34 bits per heavy atom. The third-order valence-corrected chi connectivity index (χ3v) is 5.70. The molecule has 2 aliphatic heterocycles. The van der Waals surface area contributed by atoms with Gasteiger partial charge in [0.2, 0.25) is 5.88 Å². The lowest BCUT2D eigenvalue weighted by molar-refractivity contribution is 0.102. The number of methoxy groups -OCH3 is 1. The van der Waals surface area contributed by atoms with Crippen molar-refractivity contribution in [1.82, 2.24) is 9.97 Å². The van der Waals surface area contributed by atoms with Gasteiger partial charge < -0.3 is 20.5 Å². The highest BCUT2D eigenvalue weighted by atomic mass is 19.2. The smallest absolute Gasteiger partial charge is 0.275 e. The molecule has 0 saturated carbocycles. The quantitative estimate of drug-likeness (QED) is 0.672. The van der Waals surface area contributed by atoms with Crippen LogP contribution in [0.3, 0.4) is 0 Å². The summed E-state index contributed by atoms with van der Waals surface area (Å²) >= 11 is 0. The monoisotopic (exact) mass is 453 g/mol. The van der Waals surface area contributed by atoms with Gasteiger partial charge in [-0.15, -0.1) is 0 Å². The van der Waals surface area contributed by atoms with Crippen molar-refractivity contribution in [3.8, 4) is 5.88 Å². The maximum absolute atomic E-state index is 14.9. The molecule has 3 atom stereocenters. The fourth-order valence-corrected chi connectivity index (χ4v) is 3.97. The van der Waals surface area contributed by atoms with E-state index < -0.39 is 53.6 Å². The fraction of sp³-hybridized carbons (Fsp3) is 0.400. The largest absolute Gasteiger partial charge is 0.480 e. The maximum atomic E-state index is 14.9. The predicted octanol–water partition coefficient (Wildman–Crippen LogP) is 2.30. The second-order valence-electron chi connectivity index (χ2n) is 7.65. The van der Waals surface area contributed by atoms with Crippen molar-refractivity contribution in [2.75, 3.05) is 32.3 Å². The normalized spacial score (nSPS) is 26.9.